The Morgan fingerprint density at radius 2 is 2.53 bits per heavy atom. The van der Waals surface area contributed by atoms with Gasteiger partial charge in [-0.25, -0.2) is 0 Å². The average Bonchev–Trinajstić information content (AvgIpc) is 2.72. The molecule has 1 saturated heterocycles. The van der Waals surface area contributed by atoms with Crippen LogP contribution in [0.4, 0.5) is 0 Å². The van der Waals surface area contributed by atoms with E-state index < -0.39 is 0 Å². The smallest absolute Gasteiger partial charge is 0.243 e. The SMILES string of the molecule is Cc1noc([C@H]2CCCN2CC(N)=O)n1. The number of carbonyl (C=O) groups excluding carboxylic acids is 1. The van der Waals surface area contributed by atoms with E-state index in [4.69, 9.17) is 10.3 Å². The molecule has 0 aromatic carbocycles. The maximum absolute atomic E-state index is 10.9. The lowest BCUT2D eigenvalue weighted by Gasteiger charge is -2.19. The fraction of sp³-hybridized carbons (Fsp3) is 0.667. The van der Waals surface area contributed by atoms with Gasteiger partial charge >= 0.3 is 0 Å². The fourth-order valence-corrected chi connectivity index (χ4v) is 1.94. The van der Waals surface area contributed by atoms with E-state index in [9.17, 15) is 4.79 Å². The highest BCUT2D eigenvalue weighted by atomic mass is 16.5. The molecule has 1 aromatic heterocycles. The molecule has 0 aliphatic carbocycles. The molecule has 6 nitrogen and oxygen atoms in total. The van der Waals surface area contributed by atoms with E-state index in [2.05, 4.69) is 10.1 Å². The van der Waals surface area contributed by atoms with E-state index in [1.165, 1.54) is 0 Å². The molecule has 2 N–H and O–H groups in total. The Balaban J connectivity index is 2.10. The number of nitrogens with zero attached hydrogens (tertiary/aromatic N) is 3. The van der Waals surface area contributed by atoms with Crippen molar-refractivity contribution in [3.63, 3.8) is 0 Å². The van der Waals surface area contributed by atoms with Crippen LogP contribution in [0.2, 0.25) is 0 Å². The Morgan fingerprint density at radius 1 is 1.73 bits per heavy atom. The Labute approximate surface area is 87.4 Å². The molecule has 82 valence electrons. The third-order valence-electron chi connectivity index (χ3n) is 2.55. The third-order valence-corrected chi connectivity index (χ3v) is 2.55. The Morgan fingerprint density at radius 3 is 3.13 bits per heavy atom. The number of rotatable bonds is 3. The van der Waals surface area contributed by atoms with Gasteiger partial charge in [-0.2, -0.15) is 4.98 Å². The van der Waals surface area contributed by atoms with Crippen LogP contribution in [0.25, 0.3) is 0 Å². The monoisotopic (exact) mass is 210 g/mol. The molecule has 15 heavy (non-hydrogen) atoms. The first-order valence-electron chi connectivity index (χ1n) is 4.99. The zero-order chi connectivity index (χ0) is 10.8. The quantitative estimate of drug-likeness (QED) is 0.759. The zero-order valence-electron chi connectivity index (χ0n) is 8.64. The highest BCUT2D eigenvalue weighted by Crippen LogP contribution is 2.30. The molecule has 1 aliphatic heterocycles. The van der Waals surface area contributed by atoms with Crippen molar-refractivity contribution in [3.8, 4) is 0 Å². The van der Waals surface area contributed by atoms with Crippen LogP contribution in [-0.2, 0) is 4.79 Å². The van der Waals surface area contributed by atoms with Gasteiger partial charge < -0.3 is 10.3 Å². The second-order valence-corrected chi connectivity index (χ2v) is 3.77. The number of nitrogens with two attached hydrogens (primary N) is 1. The van der Waals surface area contributed by atoms with Crippen LogP contribution in [0.5, 0.6) is 0 Å². The summed E-state index contributed by atoms with van der Waals surface area (Å²) in [5.41, 5.74) is 5.17. The van der Waals surface area contributed by atoms with E-state index in [1.54, 1.807) is 6.92 Å². The normalized spacial score (nSPS) is 22.1. The molecule has 2 heterocycles. The summed E-state index contributed by atoms with van der Waals surface area (Å²) in [5.74, 6) is 0.889. The van der Waals surface area contributed by atoms with E-state index in [0.717, 1.165) is 19.4 Å². The van der Waals surface area contributed by atoms with Gasteiger partial charge in [-0.15, -0.1) is 0 Å². The largest absolute Gasteiger partial charge is 0.369 e. The van der Waals surface area contributed by atoms with Crippen molar-refractivity contribution in [1.82, 2.24) is 15.0 Å². The molecule has 6 heteroatoms. The molecule has 0 bridgehead atoms. The minimum Gasteiger partial charge on any atom is -0.369 e. The van der Waals surface area contributed by atoms with Gasteiger partial charge in [-0.3, -0.25) is 9.69 Å². The maximum atomic E-state index is 10.9. The molecule has 1 atom stereocenters. The number of aryl methyl sites for hydroxylation is 1. The highest BCUT2D eigenvalue weighted by Gasteiger charge is 2.30. The van der Waals surface area contributed by atoms with Crippen LogP contribution >= 0.6 is 0 Å². The maximum Gasteiger partial charge on any atom is 0.243 e. The van der Waals surface area contributed by atoms with Gasteiger partial charge in [-0.05, 0) is 26.3 Å². The van der Waals surface area contributed by atoms with Gasteiger partial charge in [0.2, 0.25) is 11.8 Å². The van der Waals surface area contributed by atoms with Gasteiger partial charge in [0.25, 0.3) is 0 Å². The second kappa shape index (κ2) is 3.98. The molecule has 1 aromatic rings. The lowest BCUT2D eigenvalue weighted by atomic mass is 10.2. The standard InChI is InChI=1S/C9H14N4O2/c1-6-11-9(15-12-6)7-3-2-4-13(7)5-8(10)14/h7H,2-5H2,1H3,(H2,10,14)/t7-/m1/s1. The molecular formula is C9H14N4O2. The van der Waals surface area contributed by atoms with Crippen molar-refractivity contribution in [2.75, 3.05) is 13.1 Å². The first-order chi connectivity index (χ1) is 7.16. The number of aromatic nitrogens is 2. The van der Waals surface area contributed by atoms with Gasteiger partial charge in [0.05, 0.1) is 12.6 Å². The fourth-order valence-electron chi connectivity index (χ4n) is 1.94. The van der Waals surface area contributed by atoms with Crippen LogP contribution in [0, 0.1) is 6.92 Å². The molecule has 0 spiro atoms. The molecule has 0 radical (unpaired) electrons. The molecule has 1 aliphatic rings. The number of hydrogen-bond donors (Lipinski definition) is 1. The summed E-state index contributed by atoms with van der Waals surface area (Å²) in [4.78, 5) is 17.0. The summed E-state index contributed by atoms with van der Waals surface area (Å²) >= 11 is 0. The van der Waals surface area contributed by atoms with Crippen LogP contribution in [-0.4, -0.2) is 34.0 Å². The predicted octanol–water partition coefficient (Wildman–Crippen LogP) is 0.000220. The van der Waals surface area contributed by atoms with Gasteiger partial charge in [-0.1, -0.05) is 5.16 Å². The van der Waals surface area contributed by atoms with Gasteiger partial charge in [0, 0.05) is 0 Å². The Hall–Kier alpha value is -1.43. The molecule has 2 rings (SSSR count). The third kappa shape index (κ3) is 2.15. The lowest BCUT2D eigenvalue weighted by molar-refractivity contribution is -0.119. The number of hydrogen-bond acceptors (Lipinski definition) is 5. The molecular weight excluding hydrogens is 196 g/mol. The summed E-state index contributed by atoms with van der Waals surface area (Å²) in [6.07, 6.45) is 1.97. The van der Waals surface area contributed by atoms with Crippen LogP contribution in [0.15, 0.2) is 4.52 Å². The van der Waals surface area contributed by atoms with E-state index in [0.29, 0.717) is 11.7 Å². The number of primary amides is 1. The van der Waals surface area contributed by atoms with Crippen LogP contribution in [0.3, 0.4) is 0 Å². The summed E-state index contributed by atoms with van der Waals surface area (Å²) in [6.45, 7) is 2.89. The van der Waals surface area contributed by atoms with Crippen molar-refractivity contribution in [1.29, 1.82) is 0 Å². The van der Waals surface area contributed by atoms with E-state index in [-0.39, 0.29) is 18.5 Å². The summed E-state index contributed by atoms with van der Waals surface area (Å²) in [6, 6.07) is 0.0544. The van der Waals surface area contributed by atoms with E-state index >= 15 is 0 Å². The van der Waals surface area contributed by atoms with Crippen molar-refractivity contribution in [2.45, 2.75) is 25.8 Å². The first-order valence-corrected chi connectivity index (χ1v) is 4.99. The number of likely N-dealkylation sites (tertiary alicyclic amines) is 1. The second-order valence-electron chi connectivity index (χ2n) is 3.77. The van der Waals surface area contributed by atoms with Crippen molar-refractivity contribution < 1.29 is 9.32 Å². The van der Waals surface area contributed by atoms with Crippen molar-refractivity contribution >= 4 is 5.91 Å². The molecule has 0 unspecified atom stereocenters. The van der Waals surface area contributed by atoms with Crippen molar-refractivity contribution in [2.24, 2.45) is 5.73 Å². The molecule has 0 saturated carbocycles. The molecule has 1 fully saturated rings. The zero-order valence-corrected chi connectivity index (χ0v) is 8.64. The average molecular weight is 210 g/mol. The molecule has 1 amide bonds. The van der Waals surface area contributed by atoms with Gasteiger partial charge in [0.15, 0.2) is 5.82 Å². The minimum absolute atomic E-state index is 0.0544. The first kappa shape index (κ1) is 10.1. The van der Waals surface area contributed by atoms with Crippen LogP contribution < -0.4 is 5.73 Å². The van der Waals surface area contributed by atoms with Crippen LogP contribution in [0.1, 0.15) is 30.6 Å². The summed E-state index contributed by atoms with van der Waals surface area (Å²) in [7, 11) is 0. The summed E-state index contributed by atoms with van der Waals surface area (Å²) in [5, 5.41) is 3.75. The van der Waals surface area contributed by atoms with E-state index in [1.807, 2.05) is 4.90 Å². The minimum atomic E-state index is -0.321. The van der Waals surface area contributed by atoms with Crippen molar-refractivity contribution in [3.05, 3.63) is 11.7 Å². The Bertz CT molecular complexity index is 363. The van der Waals surface area contributed by atoms with Gasteiger partial charge in [0.1, 0.15) is 0 Å². The highest BCUT2D eigenvalue weighted by molar-refractivity contribution is 5.76. The summed E-state index contributed by atoms with van der Waals surface area (Å²) < 4.78 is 5.11. The number of carbonyl (C=O) groups is 1. The lowest BCUT2D eigenvalue weighted by Crippen LogP contribution is -2.33. The predicted molar refractivity (Wildman–Crippen MR) is 51.8 cm³/mol. The topological polar surface area (TPSA) is 85.3 Å². The number of amides is 1. The Kier molecular flexibility index (Phi) is 2.68.